The molecule has 0 aliphatic heterocycles. The molecule has 0 unspecified atom stereocenters. The first-order valence-electron chi connectivity index (χ1n) is 8.99. The summed E-state index contributed by atoms with van der Waals surface area (Å²) in [4.78, 5) is 37.5. The highest BCUT2D eigenvalue weighted by atomic mass is 16.6. The second-order valence-electron chi connectivity index (χ2n) is 6.96. The fourth-order valence-corrected chi connectivity index (χ4v) is 2.54. The van der Waals surface area contributed by atoms with Gasteiger partial charge >= 0.3 is 18.0 Å². The Morgan fingerprint density at radius 3 is 1.96 bits per heavy atom. The SMILES string of the molecule is CCOC(=O)C(C(=O)OCC)[C@@H](NC(=O)OC(C)(C)C)c1ccccc1C. The van der Waals surface area contributed by atoms with Gasteiger partial charge < -0.3 is 19.5 Å². The van der Waals surface area contributed by atoms with Crippen LogP contribution in [0.15, 0.2) is 24.3 Å². The molecule has 0 aliphatic rings. The average Bonchev–Trinajstić information content (AvgIpc) is 2.53. The van der Waals surface area contributed by atoms with Crippen molar-refractivity contribution in [3.63, 3.8) is 0 Å². The van der Waals surface area contributed by atoms with Gasteiger partial charge in [0.2, 0.25) is 0 Å². The Bertz CT molecular complexity index is 647. The number of benzene rings is 1. The Kier molecular flexibility index (Phi) is 8.28. The maximum Gasteiger partial charge on any atom is 0.408 e. The highest BCUT2D eigenvalue weighted by Crippen LogP contribution is 2.28. The van der Waals surface area contributed by atoms with Crippen molar-refractivity contribution >= 4 is 18.0 Å². The van der Waals surface area contributed by atoms with Crippen LogP contribution in [0, 0.1) is 12.8 Å². The van der Waals surface area contributed by atoms with Gasteiger partial charge in [0, 0.05) is 0 Å². The van der Waals surface area contributed by atoms with E-state index in [0.29, 0.717) is 5.56 Å². The Labute approximate surface area is 160 Å². The molecule has 0 aliphatic carbocycles. The van der Waals surface area contributed by atoms with E-state index in [1.165, 1.54) is 0 Å². The van der Waals surface area contributed by atoms with E-state index in [0.717, 1.165) is 5.56 Å². The molecule has 0 bridgehead atoms. The number of aryl methyl sites for hydroxylation is 1. The van der Waals surface area contributed by atoms with Crippen LogP contribution in [-0.4, -0.2) is 36.8 Å². The second kappa shape index (κ2) is 9.94. The molecule has 1 atom stereocenters. The minimum Gasteiger partial charge on any atom is -0.465 e. The predicted molar refractivity (Wildman–Crippen MR) is 100 cm³/mol. The second-order valence-corrected chi connectivity index (χ2v) is 6.96. The summed E-state index contributed by atoms with van der Waals surface area (Å²) in [6.45, 7) is 10.5. The minimum atomic E-state index is -1.35. The summed E-state index contributed by atoms with van der Waals surface area (Å²) in [5, 5.41) is 2.65. The molecule has 27 heavy (non-hydrogen) atoms. The van der Waals surface area contributed by atoms with Gasteiger partial charge in [0.1, 0.15) is 5.60 Å². The van der Waals surface area contributed by atoms with Gasteiger partial charge in [-0.15, -0.1) is 0 Å². The van der Waals surface area contributed by atoms with Crippen molar-refractivity contribution in [2.75, 3.05) is 13.2 Å². The number of ether oxygens (including phenoxy) is 3. The van der Waals surface area contributed by atoms with Crippen molar-refractivity contribution in [1.82, 2.24) is 5.32 Å². The molecular weight excluding hydrogens is 350 g/mol. The van der Waals surface area contributed by atoms with E-state index in [-0.39, 0.29) is 13.2 Å². The number of nitrogens with one attached hydrogen (secondary N) is 1. The Balaban J connectivity index is 3.34. The molecule has 1 amide bonds. The fourth-order valence-electron chi connectivity index (χ4n) is 2.54. The zero-order chi connectivity index (χ0) is 20.6. The van der Waals surface area contributed by atoms with E-state index in [1.807, 2.05) is 19.1 Å². The highest BCUT2D eigenvalue weighted by molar-refractivity contribution is 5.96. The van der Waals surface area contributed by atoms with Gasteiger partial charge in [-0.2, -0.15) is 0 Å². The van der Waals surface area contributed by atoms with Crippen LogP contribution < -0.4 is 5.32 Å². The van der Waals surface area contributed by atoms with Crippen molar-refractivity contribution in [2.45, 2.75) is 53.2 Å². The van der Waals surface area contributed by atoms with Gasteiger partial charge in [-0.05, 0) is 52.7 Å². The number of hydrogen-bond donors (Lipinski definition) is 1. The smallest absolute Gasteiger partial charge is 0.408 e. The molecule has 0 saturated heterocycles. The number of esters is 2. The molecule has 0 spiro atoms. The van der Waals surface area contributed by atoms with Gasteiger partial charge in [-0.1, -0.05) is 24.3 Å². The van der Waals surface area contributed by atoms with Crippen molar-refractivity contribution in [1.29, 1.82) is 0 Å². The molecule has 1 aromatic carbocycles. The van der Waals surface area contributed by atoms with Crippen molar-refractivity contribution < 1.29 is 28.6 Å². The number of rotatable bonds is 7. The van der Waals surface area contributed by atoms with Crippen molar-refractivity contribution in [2.24, 2.45) is 5.92 Å². The average molecular weight is 379 g/mol. The van der Waals surface area contributed by atoms with Crippen molar-refractivity contribution in [3.05, 3.63) is 35.4 Å². The number of hydrogen-bond acceptors (Lipinski definition) is 6. The van der Waals surface area contributed by atoms with E-state index in [2.05, 4.69) is 5.32 Å². The number of alkyl carbamates (subject to hydrolysis) is 1. The third-order valence-electron chi connectivity index (χ3n) is 3.61. The number of amides is 1. The number of carbonyl (C=O) groups is 3. The lowest BCUT2D eigenvalue weighted by Gasteiger charge is -2.28. The fraction of sp³-hybridized carbons (Fsp3) is 0.550. The summed E-state index contributed by atoms with van der Waals surface area (Å²) in [7, 11) is 0. The minimum absolute atomic E-state index is 0.0989. The lowest BCUT2D eigenvalue weighted by atomic mass is 9.90. The predicted octanol–water partition coefficient (Wildman–Crippen LogP) is 3.30. The highest BCUT2D eigenvalue weighted by Gasteiger charge is 2.40. The van der Waals surface area contributed by atoms with Gasteiger partial charge in [-0.3, -0.25) is 9.59 Å². The van der Waals surface area contributed by atoms with Crippen LogP contribution in [0.4, 0.5) is 4.79 Å². The van der Waals surface area contributed by atoms with Gasteiger partial charge in [0.15, 0.2) is 5.92 Å². The van der Waals surface area contributed by atoms with E-state index >= 15 is 0 Å². The maximum absolute atomic E-state index is 12.5. The van der Waals surface area contributed by atoms with Crippen LogP contribution in [0.2, 0.25) is 0 Å². The Morgan fingerprint density at radius 2 is 1.52 bits per heavy atom. The van der Waals surface area contributed by atoms with E-state index in [1.54, 1.807) is 46.8 Å². The molecule has 7 heteroatoms. The van der Waals surface area contributed by atoms with E-state index in [4.69, 9.17) is 14.2 Å². The third kappa shape index (κ3) is 6.92. The Hall–Kier alpha value is -2.57. The lowest BCUT2D eigenvalue weighted by Crippen LogP contribution is -2.44. The standard InChI is InChI=1S/C20H29NO6/c1-7-25-17(22)15(18(23)26-8-2)16(14-12-10-9-11-13(14)3)21-19(24)27-20(4,5)6/h9-12,15-16H,7-8H2,1-6H3,(H,21,24)/t16-/m0/s1. The van der Waals surface area contributed by atoms with Gasteiger partial charge in [-0.25, -0.2) is 4.79 Å². The summed E-state index contributed by atoms with van der Waals surface area (Å²) in [6.07, 6.45) is -0.741. The third-order valence-corrected chi connectivity index (χ3v) is 3.61. The van der Waals surface area contributed by atoms with Crippen LogP contribution in [0.5, 0.6) is 0 Å². The topological polar surface area (TPSA) is 90.9 Å². The zero-order valence-corrected chi connectivity index (χ0v) is 16.8. The van der Waals surface area contributed by atoms with Crippen LogP contribution in [0.1, 0.15) is 51.8 Å². The lowest BCUT2D eigenvalue weighted by molar-refractivity contribution is -0.163. The molecule has 1 rings (SSSR count). The molecule has 1 aromatic rings. The van der Waals surface area contributed by atoms with Crippen LogP contribution >= 0.6 is 0 Å². The monoisotopic (exact) mass is 379 g/mol. The summed E-state index contributed by atoms with van der Waals surface area (Å²) in [6, 6.07) is 6.17. The first-order valence-corrected chi connectivity index (χ1v) is 8.99. The van der Waals surface area contributed by atoms with Crippen LogP contribution in [0.3, 0.4) is 0 Å². The maximum atomic E-state index is 12.5. The van der Waals surface area contributed by atoms with E-state index in [9.17, 15) is 14.4 Å². The van der Waals surface area contributed by atoms with Crippen LogP contribution in [0.25, 0.3) is 0 Å². The first-order chi connectivity index (χ1) is 12.6. The Morgan fingerprint density at radius 1 is 1.00 bits per heavy atom. The zero-order valence-electron chi connectivity index (χ0n) is 16.8. The van der Waals surface area contributed by atoms with Gasteiger partial charge in [0.05, 0.1) is 19.3 Å². The summed E-state index contributed by atoms with van der Waals surface area (Å²) < 4.78 is 15.4. The largest absolute Gasteiger partial charge is 0.465 e. The molecule has 0 fully saturated rings. The van der Waals surface area contributed by atoms with E-state index < -0.39 is 35.6 Å². The molecule has 0 heterocycles. The molecule has 0 saturated carbocycles. The quantitative estimate of drug-likeness (QED) is 0.444. The number of carbonyl (C=O) groups excluding carboxylic acids is 3. The molecule has 1 N–H and O–H groups in total. The molecule has 150 valence electrons. The van der Waals surface area contributed by atoms with Crippen molar-refractivity contribution in [3.8, 4) is 0 Å². The van der Waals surface area contributed by atoms with Crippen LogP contribution in [-0.2, 0) is 23.8 Å². The first kappa shape index (κ1) is 22.5. The summed E-state index contributed by atoms with van der Waals surface area (Å²) >= 11 is 0. The molecule has 0 radical (unpaired) electrons. The molecule has 7 nitrogen and oxygen atoms in total. The molecular formula is C20H29NO6. The summed E-state index contributed by atoms with van der Waals surface area (Å²) in [5.74, 6) is -2.88. The van der Waals surface area contributed by atoms with Gasteiger partial charge in [0.25, 0.3) is 0 Å². The molecule has 0 aromatic heterocycles. The normalized spacial score (nSPS) is 12.3. The summed E-state index contributed by atoms with van der Waals surface area (Å²) in [5.41, 5.74) is 0.676.